The molecule has 0 amide bonds. The molecule has 0 spiro atoms. The van der Waals surface area contributed by atoms with E-state index in [1.807, 2.05) is 0 Å². The summed E-state index contributed by atoms with van der Waals surface area (Å²) < 4.78 is 39.4. The average molecular weight is 287 g/mol. The summed E-state index contributed by atoms with van der Waals surface area (Å²) in [5, 5.41) is 0. The van der Waals surface area contributed by atoms with E-state index in [-0.39, 0.29) is 34.2 Å². The molecule has 1 atom stereocenters. The molecule has 0 fully saturated rings. The Hall–Kier alpha value is -0.510. The van der Waals surface area contributed by atoms with Crippen LogP contribution in [0.15, 0.2) is 12.7 Å². The normalized spacial score (nSPS) is 12.1. The van der Waals surface area contributed by atoms with E-state index in [0.29, 0.717) is 13.2 Å². The van der Waals surface area contributed by atoms with Crippen LogP contribution in [0.25, 0.3) is 0 Å². The second-order valence-corrected chi connectivity index (χ2v) is 4.08. The van der Waals surface area contributed by atoms with Gasteiger partial charge in [-0.3, -0.25) is 0 Å². The van der Waals surface area contributed by atoms with Crippen LogP contribution in [0.4, 0.5) is 0 Å². The highest BCUT2D eigenvalue weighted by Crippen LogP contribution is 1.95. The molecule has 0 aliphatic carbocycles. The number of hydrogen-bond donors (Lipinski definition) is 1. The quantitative estimate of drug-likeness (QED) is 0.364. The predicted molar refractivity (Wildman–Crippen MR) is 70.0 cm³/mol. The maximum Gasteiger partial charge on any atom is 0.415 e. The monoisotopic (exact) mass is 287 g/mol. The van der Waals surface area contributed by atoms with Gasteiger partial charge in [0.2, 0.25) is 0 Å². The lowest BCUT2D eigenvalue weighted by atomic mass is 10.4. The van der Waals surface area contributed by atoms with Gasteiger partial charge in [-0.05, 0) is 6.92 Å². The van der Waals surface area contributed by atoms with E-state index in [9.17, 15) is 8.42 Å². The van der Waals surface area contributed by atoms with Crippen molar-refractivity contribution in [1.29, 1.82) is 0 Å². The highest BCUT2D eigenvalue weighted by atomic mass is 32.3. The van der Waals surface area contributed by atoms with Crippen molar-refractivity contribution in [3.63, 3.8) is 0 Å². The molecule has 0 aromatic carbocycles. The molecule has 7 nitrogen and oxygen atoms in total. The van der Waals surface area contributed by atoms with Gasteiger partial charge in [0.25, 0.3) is 0 Å². The van der Waals surface area contributed by atoms with Crippen LogP contribution >= 0.6 is 0 Å². The Labute approximate surface area is 110 Å². The number of nitrogens with two attached hydrogens (primary N) is 1. The standard InChI is InChI=1S/C8H17NO6S.2CH4/c1-3-4-12-7-8(2)13-5-6-14-16(10,11)15-9;;/h3,8H,1,4-7,9H2,2H3;2*1H4. The molecular weight excluding hydrogens is 262 g/mol. The third-order valence-corrected chi connectivity index (χ3v) is 2.11. The fraction of sp³-hybridized carbons (Fsp3) is 0.800. The third kappa shape index (κ3) is 13.6. The first-order valence-corrected chi connectivity index (χ1v) is 5.93. The summed E-state index contributed by atoms with van der Waals surface area (Å²) in [5.41, 5.74) is 0. The molecule has 0 aliphatic heterocycles. The van der Waals surface area contributed by atoms with Crippen LogP contribution in [-0.4, -0.2) is 40.9 Å². The topological polar surface area (TPSA) is 97.1 Å². The van der Waals surface area contributed by atoms with Gasteiger partial charge in [-0.15, -0.1) is 6.58 Å². The van der Waals surface area contributed by atoms with E-state index in [0.717, 1.165) is 0 Å². The lowest BCUT2D eigenvalue weighted by Crippen LogP contribution is -2.21. The van der Waals surface area contributed by atoms with Gasteiger partial charge < -0.3 is 9.47 Å². The van der Waals surface area contributed by atoms with Gasteiger partial charge in [-0.1, -0.05) is 20.9 Å². The summed E-state index contributed by atoms with van der Waals surface area (Å²) in [5.74, 6) is 4.45. The zero-order chi connectivity index (χ0) is 12.4. The molecule has 0 aromatic heterocycles. The van der Waals surface area contributed by atoms with Gasteiger partial charge in [0.05, 0.1) is 32.5 Å². The Kier molecular flexibility index (Phi) is 16.3. The van der Waals surface area contributed by atoms with Gasteiger partial charge >= 0.3 is 10.4 Å². The van der Waals surface area contributed by atoms with Gasteiger partial charge in [0.1, 0.15) is 0 Å². The van der Waals surface area contributed by atoms with Crippen LogP contribution in [0.5, 0.6) is 0 Å². The second kappa shape index (κ2) is 12.9. The molecule has 0 radical (unpaired) electrons. The van der Waals surface area contributed by atoms with Crippen molar-refractivity contribution < 1.29 is 26.4 Å². The molecule has 1 unspecified atom stereocenters. The smallest absolute Gasteiger partial charge is 0.375 e. The van der Waals surface area contributed by atoms with Gasteiger partial charge in [0.15, 0.2) is 0 Å². The molecule has 2 N–H and O–H groups in total. The minimum atomic E-state index is -4.09. The summed E-state index contributed by atoms with van der Waals surface area (Å²) in [6.45, 7) is 6.06. The number of rotatable bonds is 10. The SMILES string of the molecule is C.C.C=CCOCC(C)OCCOS(=O)(=O)ON. The molecule has 8 heteroatoms. The Balaban J connectivity index is -0.00000112. The van der Waals surface area contributed by atoms with E-state index in [4.69, 9.17) is 9.47 Å². The second-order valence-electron chi connectivity index (χ2n) is 2.83. The van der Waals surface area contributed by atoms with E-state index >= 15 is 0 Å². The first kappa shape index (κ1) is 22.7. The van der Waals surface area contributed by atoms with Gasteiger partial charge in [0, 0.05) is 0 Å². The van der Waals surface area contributed by atoms with Crippen LogP contribution in [0.2, 0.25) is 0 Å². The van der Waals surface area contributed by atoms with Crippen molar-refractivity contribution in [2.75, 3.05) is 26.4 Å². The summed E-state index contributed by atoms with van der Waals surface area (Å²) in [6.07, 6.45) is 1.46. The van der Waals surface area contributed by atoms with Crippen LogP contribution in [-0.2, 0) is 28.3 Å². The van der Waals surface area contributed by atoms with E-state index in [1.165, 1.54) is 0 Å². The minimum Gasteiger partial charge on any atom is -0.375 e. The van der Waals surface area contributed by atoms with Crippen molar-refractivity contribution in [3.8, 4) is 0 Å². The van der Waals surface area contributed by atoms with Crippen molar-refractivity contribution >= 4 is 10.4 Å². The highest BCUT2D eigenvalue weighted by molar-refractivity contribution is 7.81. The van der Waals surface area contributed by atoms with Crippen LogP contribution in [0.3, 0.4) is 0 Å². The molecule has 112 valence electrons. The highest BCUT2D eigenvalue weighted by Gasteiger charge is 2.09. The molecule has 0 saturated heterocycles. The van der Waals surface area contributed by atoms with Gasteiger partial charge in [-0.2, -0.15) is 18.6 Å². The summed E-state index contributed by atoms with van der Waals surface area (Å²) in [7, 11) is -4.09. The summed E-state index contributed by atoms with van der Waals surface area (Å²) >= 11 is 0. The average Bonchev–Trinajstić information content (AvgIpc) is 2.25. The lowest BCUT2D eigenvalue weighted by molar-refractivity contribution is -0.0104. The van der Waals surface area contributed by atoms with Crippen molar-refractivity contribution in [3.05, 3.63) is 12.7 Å². The lowest BCUT2D eigenvalue weighted by Gasteiger charge is -2.12. The molecule has 0 bridgehead atoms. The number of ether oxygens (including phenoxy) is 2. The van der Waals surface area contributed by atoms with Crippen molar-refractivity contribution in [2.24, 2.45) is 5.90 Å². The molecule has 0 rings (SSSR count). The van der Waals surface area contributed by atoms with Crippen molar-refractivity contribution in [1.82, 2.24) is 0 Å². The van der Waals surface area contributed by atoms with E-state index in [1.54, 1.807) is 13.0 Å². The predicted octanol–water partition coefficient (Wildman–Crippen LogP) is 1.02. The molecule has 0 heterocycles. The first-order valence-electron chi connectivity index (χ1n) is 4.59. The zero-order valence-corrected chi connectivity index (χ0v) is 9.94. The maximum absolute atomic E-state index is 10.6. The van der Waals surface area contributed by atoms with E-state index in [2.05, 4.69) is 20.9 Å². The molecular formula is C10H25NO6S. The molecule has 0 aliphatic rings. The molecule has 0 aromatic rings. The van der Waals surface area contributed by atoms with Crippen LogP contribution < -0.4 is 5.90 Å². The van der Waals surface area contributed by atoms with Crippen LogP contribution in [0.1, 0.15) is 21.8 Å². The van der Waals surface area contributed by atoms with E-state index < -0.39 is 10.4 Å². The maximum atomic E-state index is 10.6. The Bertz CT molecular complexity index is 280. The summed E-state index contributed by atoms with van der Waals surface area (Å²) in [6, 6.07) is 0. The zero-order valence-electron chi connectivity index (χ0n) is 9.13. The molecule has 18 heavy (non-hydrogen) atoms. The van der Waals surface area contributed by atoms with Gasteiger partial charge in [-0.25, -0.2) is 4.18 Å². The fourth-order valence-corrected chi connectivity index (χ4v) is 1.11. The number of hydrogen-bond acceptors (Lipinski definition) is 7. The van der Waals surface area contributed by atoms with Crippen molar-refractivity contribution in [2.45, 2.75) is 27.9 Å². The Morgan fingerprint density at radius 1 is 1.33 bits per heavy atom. The Morgan fingerprint density at radius 2 is 1.94 bits per heavy atom. The fourth-order valence-electron chi connectivity index (χ4n) is 0.779. The minimum absolute atomic E-state index is 0. The largest absolute Gasteiger partial charge is 0.415 e. The molecule has 0 saturated carbocycles. The Morgan fingerprint density at radius 3 is 2.44 bits per heavy atom. The van der Waals surface area contributed by atoms with Crippen LogP contribution in [0, 0.1) is 0 Å². The first-order chi connectivity index (χ1) is 7.52. The summed E-state index contributed by atoms with van der Waals surface area (Å²) in [4.78, 5) is 0. The third-order valence-electron chi connectivity index (χ3n) is 1.42.